The minimum absolute atomic E-state index is 0.0279. The summed E-state index contributed by atoms with van der Waals surface area (Å²) in [7, 11) is 0. The molecule has 2 N–H and O–H groups in total. The molecule has 1 aliphatic heterocycles. The van der Waals surface area contributed by atoms with Gasteiger partial charge in [-0.25, -0.2) is 0 Å². The highest BCUT2D eigenvalue weighted by Gasteiger charge is 2.21. The fourth-order valence-corrected chi connectivity index (χ4v) is 3.64. The van der Waals surface area contributed by atoms with Crippen LogP contribution in [0.4, 0.5) is 0 Å². The Morgan fingerprint density at radius 1 is 0.909 bits per heavy atom. The first kappa shape index (κ1) is 24.1. The predicted octanol–water partition coefficient (Wildman–Crippen LogP) is 2.45. The Labute approximate surface area is 194 Å². The van der Waals surface area contributed by atoms with E-state index >= 15 is 0 Å². The number of benzene rings is 2. The largest absolute Gasteiger partial charge is 0.484 e. The van der Waals surface area contributed by atoms with Gasteiger partial charge in [0.1, 0.15) is 11.5 Å². The summed E-state index contributed by atoms with van der Waals surface area (Å²) in [6.45, 7) is 3.14. The van der Waals surface area contributed by atoms with Crippen molar-refractivity contribution in [3.05, 3.63) is 60.2 Å². The average molecular weight is 454 g/mol. The molecule has 0 aliphatic carbocycles. The average Bonchev–Trinajstić information content (AvgIpc) is 3.39. The first-order valence-corrected chi connectivity index (χ1v) is 11.3. The molecular weight excluding hydrogens is 422 g/mol. The number of nitrogens with zero attached hydrogens (tertiary/aromatic N) is 1. The molecule has 33 heavy (non-hydrogen) atoms. The number of amides is 3. The maximum atomic E-state index is 12.4. The summed E-state index contributed by atoms with van der Waals surface area (Å²) >= 11 is 0. The van der Waals surface area contributed by atoms with Gasteiger partial charge in [-0.05, 0) is 37.5 Å². The molecule has 176 valence electrons. The second-order valence-electron chi connectivity index (χ2n) is 7.82. The van der Waals surface area contributed by atoms with Gasteiger partial charge in [0.05, 0.1) is 12.6 Å². The Morgan fingerprint density at radius 3 is 2.33 bits per heavy atom. The second kappa shape index (κ2) is 12.5. The first-order valence-electron chi connectivity index (χ1n) is 11.3. The SMILES string of the molecule is CCC(NC(=O)CNC(=O)COc1ccccc1)c1ccccc1OCC(=O)N1CCCC1. The van der Waals surface area contributed by atoms with E-state index in [1.54, 1.807) is 18.2 Å². The second-order valence-corrected chi connectivity index (χ2v) is 7.82. The lowest BCUT2D eigenvalue weighted by atomic mass is 10.0. The molecule has 1 aliphatic rings. The third kappa shape index (κ3) is 7.52. The van der Waals surface area contributed by atoms with Gasteiger partial charge in [0.2, 0.25) is 5.91 Å². The van der Waals surface area contributed by atoms with Gasteiger partial charge in [0.15, 0.2) is 13.2 Å². The molecule has 0 radical (unpaired) electrons. The van der Waals surface area contributed by atoms with E-state index in [1.165, 1.54) is 0 Å². The zero-order valence-corrected chi connectivity index (χ0v) is 18.9. The standard InChI is InChI=1S/C25H31N3O5/c1-2-21(27-23(29)16-26-24(30)17-32-19-10-4-3-5-11-19)20-12-6-7-13-22(20)33-18-25(31)28-14-8-9-15-28/h3-7,10-13,21H,2,8-9,14-18H2,1H3,(H,26,30)(H,27,29). The number of likely N-dealkylation sites (tertiary alicyclic amines) is 1. The molecule has 3 amide bonds. The Kier molecular flexibility index (Phi) is 9.11. The summed E-state index contributed by atoms with van der Waals surface area (Å²) in [6.07, 6.45) is 2.68. The zero-order valence-electron chi connectivity index (χ0n) is 18.9. The molecule has 0 saturated carbocycles. The van der Waals surface area contributed by atoms with Gasteiger partial charge < -0.3 is 25.0 Å². The number of nitrogens with one attached hydrogen (secondary N) is 2. The van der Waals surface area contributed by atoms with Crippen molar-refractivity contribution in [3.8, 4) is 11.5 Å². The van der Waals surface area contributed by atoms with Crippen molar-refractivity contribution >= 4 is 17.7 Å². The van der Waals surface area contributed by atoms with Crippen molar-refractivity contribution < 1.29 is 23.9 Å². The van der Waals surface area contributed by atoms with Crippen LogP contribution in [0.2, 0.25) is 0 Å². The molecule has 3 rings (SSSR count). The van der Waals surface area contributed by atoms with Crippen molar-refractivity contribution in [1.29, 1.82) is 0 Å². The van der Waals surface area contributed by atoms with Gasteiger partial charge in [-0.1, -0.05) is 43.3 Å². The van der Waals surface area contributed by atoms with E-state index in [1.807, 2.05) is 48.2 Å². The van der Waals surface area contributed by atoms with Gasteiger partial charge in [-0.3, -0.25) is 14.4 Å². The zero-order chi connectivity index (χ0) is 23.5. The van der Waals surface area contributed by atoms with Crippen molar-refractivity contribution in [3.63, 3.8) is 0 Å². The molecule has 8 nitrogen and oxygen atoms in total. The van der Waals surface area contributed by atoms with Crippen molar-refractivity contribution in [1.82, 2.24) is 15.5 Å². The minimum atomic E-state index is -0.383. The Bertz CT molecular complexity index is 929. The molecule has 1 unspecified atom stereocenters. The minimum Gasteiger partial charge on any atom is -0.484 e. The molecule has 2 aromatic rings. The van der Waals surface area contributed by atoms with Crippen LogP contribution in [0.25, 0.3) is 0 Å². The van der Waals surface area contributed by atoms with Crippen LogP contribution in [0.15, 0.2) is 54.6 Å². The molecule has 1 heterocycles. The summed E-state index contributed by atoms with van der Waals surface area (Å²) in [4.78, 5) is 38.6. The van der Waals surface area contributed by atoms with E-state index in [-0.39, 0.29) is 43.5 Å². The fourth-order valence-electron chi connectivity index (χ4n) is 3.64. The number of rotatable bonds is 11. The molecule has 1 saturated heterocycles. The first-order chi connectivity index (χ1) is 16.1. The monoisotopic (exact) mass is 453 g/mol. The smallest absolute Gasteiger partial charge is 0.260 e. The number of para-hydroxylation sites is 2. The molecule has 0 spiro atoms. The molecular formula is C25H31N3O5. The van der Waals surface area contributed by atoms with E-state index in [9.17, 15) is 14.4 Å². The number of hydrogen-bond donors (Lipinski definition) is 2. The topological polar surface area (TPSA) is 97.0 Å². The highest BCUT2D eigenvalue weighted by Crippen LogP contribution is 2.27. The van der Waals surface area contributed by atoms with Crippen LogP contribution in [-0.4, -0.2) is 55.5 Å². The fraction of sp³-hybridized carbons (Fsp3) is 0.400. The molecule has 2 aromatic carbocycles. The molecule has 0 aromatic heterocycles. The Hall–Kier alpha value is -3.55. The van der Waals surface area contributed by atoms with Crippen molar-refractivity contribution in [2.45, 2.75) is 32.2 Å². The van der Waals surface area contributed by atoms with Crippen LogP contribution in [0.3, 0.4) is 0 Å². The summed E-state index contributed by atoms with van der Waals surface area (Å²) in [5.74, 6) is 0.421. The predicted molar refractivity (Wildman–Crippen MR) is 124 cm³/mol. The Balaban J connectivity index is 1.48. The van der Waals surface area contributed by atoms with Crippen molar-refractivity contribution in [2.75, 3.05) is 32.8 Å². The maximum absolute atomic E-state index is 12.4. The van der Waals surface area contributed by atoms with Gasteiger partial charge in [-0.2, -0.15) is 0 Å². The summed E-state index contributed by atoms with van der Waals surface area (Å²) in [5.41, 5.74) is 0.793. The molecule has 8 heteroatoms. The lowest BCUT2D eigenvalue weighted by Crippen LogP contribution is -2.40. The number of carbonyl (C=O) groups is 3. The lowest BCUT2D eigenvalue weighted by Gasteiger charge is -2.22. The van der Waals surface area contributed by atoms with Gasteiger partial charge >= 0.3 is 0 Å². The normalized spacial score (nSPS) is 13.8. The number of carbonyl (C=O) groups excluding carboxylic acids is 3. The van der Waals surface area contributed by atoms with E-state index in [2.05, 4.69) is 10.6 Å². The van der Waals surface area contributed by atoms with Gasteiger partial charge in [0, 0.05) is 18.7 Å². The third-order valence-corrected chi connectivity index (χ3v) is 5.41. The summed E-state index contributed by atoms with van der Waals surface area (Å²) in [6, 6.07) is 16.0. The van der Waals surface area contributed by atoms with E-state index in [0.717, 1.165) is 31.5 Å². The highest BCUT2D eigenvalue weighted by molar-refractivity contribution is 5.85. The van der Waals surface area contributed by atoms with Crippen molar-refractivity contribution in [2.24, 2.45) is 0 Å². The molecule has 1 fully saturated rings. The number of hydrogen-bond acceptors (Lipinski definition) is 5. The third-order valence-electron chi connectivity index (χ3n) is 5.41. The van der Waals surface area contributed by atoms with Crippen LogP contribution in [0.5, 0.6) is 11.5 Å². The van der Waals surface area contributed by atoms with E-state index in [4.69, 9.17) is 9.47 Å². The van der Waals surface area contributed by atoms with Gasteiger partial charge in [0.25, 0.3) is 11.8 Å². The molecule has 1 atom stereocenters. The maximum Gasteiger partial charge on any atom is 0.260 e. The van der Waals surface area contributed by atoms with E-state index in [0.29, 0.717) is 17.9 Å². The van der Waals surface area contributed by atoms with E-state index < -0.39 is 0 Å². The highest BCUT2D eigenvalue weighted by atomic mass is 16.5. The van der Waals surface area contributed by atoms with Crippen LogP contribution >= 0.6 is 0 Å². The van der Waals surface area contributed by atoms with Crippen LogP contribution < -0.4 is 20.1 Å². The van der Waals surface area contributed by atoms with Crippen LogP contribution in [0, 0.1) is 0 Å². The molecule has 0 bridgehead atoms. The Morgan fingerprint density at radius 2 is 1.61 bits per heavy atom. The lowest BCUT2D eigenvalue weighted by molar-refractivity contribution is -0.132. The summed E-state index contributed by atoms with van der Waals surface area (Å²) < 4.78 is 11.2. The summed E-state index contributed by atoms with van der Waals surface area (Å²) in [5, 5.41) is 5.49. The number of ether oxygens (including phenoxy) is 2. The van der Waals surface area contributed by atoms with Crippen LogP contribution in [-0.2, 0) is 14.4 Å². The van der Waals surface area contributed by atoms with Gasteiger partial charge in [-0.15, -0.1) is 0 Å². The quantitative estimate of drug-likeness (QED) is 0.545. The van der Waals surface area contributed by atoms with Crippen LogP contribution in [0.1, 0.15) is 37.8 Å².